The van der Waals surface area contributed by atoms with Gasteiger partial charge in [0.25, 0.3) is 0 Å². The van der Waals surface area contributed by atoms with Gasteiger partial charge in [0.1, 0.15) is 29.8 Å². The number of ether oxygens (including phenoxy) is 1. The molecule has 0 spiro atoms. The zero-order valence-electron chi connectivity index (χ0n) is 23.1. The molecule has 3 saturated heterocycles. The molecule has 8 rings (SSSR count). The minimum absolute atomic E-state index is 0.0160. The van der Waals surface area contributed by atoms with Crippen LogP contribution in [0.3, 0.4) is 0 Å². The van der Waals surface area contributed by atoms with Gasteiger partial charge in [-0.25, -0.2) is 17.6 Å². The Hall–Kier alpha value is -3.53. The van der Waals surface area contributed by atoms with E-state index in [0.717, 1.165) is 51.4 Å². The molecule has 2 aromatic heterocycles. The van der Waals surface area contributed by atoms with Crippen LogP contribution in [0.5, 0.6) is 6.01 Å². The number of alkyl halides is 1. The third kappa shape index (κ3) is 4.12. The number of aromatic nitrogens is 3. The molecule has 0 amide bonds. The first-order valence-corrected chi connectivity index (χ1v) is 14.9. The van der Waals surface area contributed by atoms with Crippen LogP contribution in [0, 0.1) is 29.3 Å². The smallest absolute Gasteiger partial charge is 0.319 e. The molecule has 2 unspecified atom stereocenters. The molecule has 0 radical (unpaired) electrons. The largest absolute Gasteiger partial charge is 0.461 e. The van der Waals surface area contributed by atoms with E-state index in [2.05, 4.69) is 19.8 Å². The highest BCUT2D eigenvalue weighted by Gasteiger charge is 2.49. The number of halogens is 4. The highest BCUT2D eigenvalue weighted by Crippen LogP contribution is 2.43. The number of fused-ring (bicyclic) bond motifs is 5. The van der Waals surface area contributed by atoms with E-state index < -0.39 is 29.2 Å². The molecule has 2 bridgehead atoms. The Bertz CT molecular complexity index is 1710. The summed E-state index contributed by atoms with van der Waals surface area (Å²) in [6.45, 7) is 3.06. The summed E-state index contributed by atoms with van der Waals surface area (Å²) in [5.41, 5.74) is -0.372. The van der Waals surface area contributed by atoms with Crippen molar-refractivity contribution in [2.75, 3.05) is 37.7 Å². The van der Waals surface area contributed by atoms with Crippen LogP contribution in [0.25, 0.3) is 32.9 Å². The third-order valence-corrected chi connectivity index (χ3v) is 9.97. The number of hydrogen-bond donors (Lipinski definition) is 0. The van der Waals surface area contributed by atoms with Gasteiger partial charge in [-0.15, -0.1) is 0 Å². The van der Waals surface area contributed by atoms with Crippen molar-refractivity contribution in [3.63, 3.8) is 0 Å². The molecule has 218 valence electrons. The highest BCUT2D eigenvalue weighted by atomic mass is 19.2. The monoisotopic (exact) mass is 577 g/mol. The number of benzene rings is 2. The molecule has 5 heterocycles. The number of anilines is 1. The van der Waals surface area contributed by atoms with Crippen LogP contribution in [0.4, 0.5) is 23.4 Å². The number of pyridine rings is 1. The molecular weight excluding hydrogens is 546 g/mol. The lowest BCUT2D eigenvalue weighted by Gasteiger charge is -2.34. The summed E-state index contributed by atoms with van der Waals surface area (Å²) in [7, 11) is 0. The van der Waals surface area contributed by atoms with Crippen LogP contribution < -0.4 is 9.64 Å². The van der Waals surface area contributed by atoms with E-state index in [9.17, 15) is 8.78 Å². The van der Waals surface area contributed by atoms with Crippen molar-refractivity contribution in [3.05, 3.63) is 54.0 Å². The maximum atomic E-state index is 16.5. The Kier molecular flexibility index (Phi) is 6.07. The predicted octanol–water partition coefficient (Wildman–Crippen LogP) is 6.45. The summed E-state index contributed by atoms with van der Waals surface area (Å²) in [4.78, 5) is 18.1. The molecule has 10 heteroatoms. The van der Waals surface area contributed by atoms with Crippen molar-refractivity contribution in [2.45, 2.75) is 50.2 Å². The number of hydrogen-bond acceptors (Lipinski definition) is 6. The summed E-state index contributed by atoms with van der Waals surface area (Å²) in [6.07, 6.45) is 6.34. The van der Waals surface area contributed by atoms with Crippen molar-refractivity contribution in [3.8, 4) is 17.3 Å². The van der Waals surface area contributed by atoms with Gasteiger partial charge in [-0.3, -0.25) is 9.88 Å². The van der Waals surface area contributed by atoms with Crippen molar-refractivity contribution in [1.29, 1.82) is 0 Å². The number of rotatable bonds is 5. The van der Waals surface area contributed by atoms with E-state index >= 15 is 8.78 Å². The van der Waals surface area contributed by atoms with Crippen LogP contribution >= 0.6 is 0 Å². The van der Waals surface area contributed by atoms with Gasteiger partial charge in [0.15, 0.2) is 17.5 Å². The number of piperidine rings is 1. The van der Waals surface area contributed by atoms with Gasteiger partial charge in [0.05, 0.1) is 10.9 Å². The molecule has 0 N–H and O–H groups in total. The molecular formula is C32H31F4N5O. The summed E-state index contributed by atoms with van der Waals surface area (Å²) in [5.74, 6) is -1.15. The second kappa shape index (κ2) is 9.76. The Balaban J connectivity index is 1.25. The average Bonchev–Trinajstić information content (AvgIpc) is 3.64. The number of nitrogens with zero attached hydrogens (tertiary/aromatic N) is 5. The first kappa shape index (κ1) is 26.1. The Labute approximate surface area is 240 Å². The molecule has 42 heavy (non-hydrogen) atoms. The second-order valence-corrected chi connectivity index (χ2v) is 12.6. The van der Waals surface area contributed by atoms with E-state index in [1.54, 1.807) is 12.1 Å². The topological polar surface area (TPSA) is 54.4 Å². The first-order valence-electron chi connectivity index (χ1n) is 14.9. The SMILES string of the molecule is Fc1ccc2cccc(-c3ncc4c(N5CC6CCC(C6)C5)nc(OC[C@@]56CCCN5C[C@H](F)C6)nc4c3F)c2c1F. The molecule has 1 saturated carbocycles. The van der Waals surface area contributed by atoms with Crippen LogP contribution in [0.1, 0.15) is 38.5 Å². The fourth-order valence-electron chi connectivity index (χ4n) is 8.05. The van der Waals surface area contributed by atoms with Gasteiger partial charge in [-0.2, -0.15) is 9.97 Å². The summed E-state index contributed by atoms with van der Waals surface area (Å²) >= 11 is 0. The highest BCUT2D eigenvalue weighted by molar-refractivity contribution is 5.99. The van der Waals surface area contributed by atoms with Crippen molar-refractivity contribution < 1.29 is 22.3 Å². The molecule has 4 aromatic rings. The predicted molar refractivity (Wildman–Crippen MR) is 152 cm³/mol. The maximum absolute atomic E-state index is 16.5. The maximum Gasteiger partial charge on any atom is 0.319 e. The summed E-state index contributed by atoms with van der Waals surface area (Å²) < 4.78 is 66.4. The third-order valence-electron chi connectivity index (χ3n) is 9.97. The lowest BCUT2D eigenvalue weighted by molar-refractivity contribution is 0.107. The summed E-state index contributed by atoms with van der Waals surface area (Å²) in [5, 5.41) is 0.846. The van der Waals surface area contributed by atoms with Crippen molar-refractivity contribution >= 4 is 27.5 Å². The van der Waals surface area contributed by atoms with Gasteiger partial charge < -0.3 is 9.64 Å². The van der Waals surface area contributed by atoms with Gasteiger partial charge in [-0.1, -0.05) is 24.3 Å². The molecule has 4 aliphatic rings. The van der Waals surface area contributed by atoms with E-state index in [1.165, 1.54) is 24.8 Å². The van der Waals surface area contributed by atoms with Crippen molar-refractivity contribution in [1.82, 2.24) is 19.9 Å². The van der Waals surface area contributed by atoms with E-state index in [4.69, 9.17) is 9.72 Å². The van der Waals surface area contributed by atoms with E-state index in [1.807, 2.05) is 0 Å². The zero-order valence-corrected chi connectivity index (χ0v) is 23.1. The zero-order chi connectivity index (χ0) is 28.6. The van der Waals surface area contributed by atoms with Gasteiger partial charge in [0.2, 0.25) is 0 Å². The quantitative estimate of drug-likeness (QED) is 0.254. The normalized spacial score (nSPS) is 27.3. The molecule has 4 atom stereocenters. The lowest BCUT2D eigenvalue weighted by Crippen LogP contribution is -2.43. The molecule has 2 aromatic carbocycles. The van der Waals surface area contributed by atoms with E-state index in [-0.39, 0.29) is 34.8 Å². The van der Waals surface area contributed by atoms with Crippen LogP contribution in [0.2, 0.25) is 0 Å². The average molecular weight is 578 g/mol. The van der Waals surface area contributed by atoms with Gasteiger partial charge in [-0.05, 0) is 61.9 Å². The summed E-state index contributed by atoms with van der Waals surface area (Å²) in [6, 6.07) is 7.39. The van der Waals surface area contributed by atoms with Crippen LogP contribution in [0.15, 0.2) is 36.5 Å². The fourth-order valence-corrected chi connectivity index (χ4v) is 8.05. The van der Waals surface area contributed by atoms with Gasteiger partial charge >= 0.3 is 6.01 Å². The van der Waals surface area contributed by atoms with Crippen LogP contribution in [-0.2, 0) is 0 Å². The Morgan fingerprint density at radius 2 is 1.81 bits per heavy atom. The van der Waals surface area contributed by atoms with Crippen LogP contribution in [-0.4, -0.2) is 64.3 Å². The first-order chi connectivity index (χ1) is 20.4. The Morgan fingerprint density at radius 3 is 2.64 bits per heavy atom. The molecule has 3 aliphatic heterocycles. The Morgan fingerprint density at radius 1 is 0.976 bits per heavy atom. The molecule has 6 nitrogen and oxygen atoms in total. The van der Waals surface area contributed by atoms with E-state index in [0.29, 0.717) is 41.4 Å². The molecule has 4 fully saturated rings. The minimum Gasteiger partial charge on any atom is -0.461 e. The standard InChI is InChI=1S/C32H31F4N5O/c33-21-12-32(9-2-10-41(32)16-21)17-42-31-38-29-23(30(39-31)40-14-18-5-6-19(11-18)15-40)13-37-28(27(29)36)22-4-1-3-20-7-8-24(34)26(35)25(20)22/h1,3-4,7-8,13,18-19,21H,2,5-6,9-12,14-17H2/t18?,19?,21-,32+/m1/s1. The lowest BCUT2D eigenvalue weighted by atomic mass is 9.95. The minimum atomic E-state index is -1.05. The molecule has 1 aliphatic carbocycles. The van der Waals surface area contributed by atoms with Gasteiger partial charge in [0, 0.05) is 43.2 Å². The second-order valence-electron chi connectivity index (χ2n) is 12.6. The fraction of sp³-hybridized carbons (Fsp3) is 0.469. The van der Waals surface area contributed by atoms with Crippen molar-refractivity contribution in [2.24, 2.45) is 11.8 Å².